The molecule has 0 aliphatic heterocycles. The lowest BCUT2D eigenvalue weighted by atomic mass is 10.2. The molecule has 0 saturated heterocycles. The van der Waals surface area contributed by atoms with Crippen molar-refractivity contribution in [3.63, 3.8) is 0 Å². The number of alkyl halides is 3. The van der Waals surface area contributed by atoms with E-state index in [1.165, 1.54) is 18.2 Å². The maximum atomic E-state index is 12.1. The molecule has 1 rings (SSSR count). The Morgan fingerprint density at radius 3 is 2.50 bits per heavy atom. The molecule has 0 saturated carbocycles. The first kappa shape index (κ1) is 11.4. The summed E-state index contributed by atoms with van der Waals surface area (Å²) in [5, 5.41) is 0. The van der Waals surface area contributed by atoms with Crippen molar-refractivity contribution in [3.8, 4) is 0 Å². The van der Waals surface area contributed by atoms with E-state index in [1.807, 2.05) is 6.92 Å². The second-order valence-electron chi connectivity index (χ2n) is 2.72. The van der Waals surface area contributed by atoms with Gasteiger partial charge in [-0.15, -0.1) is 13.2 Å². The van der Waals surface area contributed by atoms with E-state index in [1.54, 1.807) is 6.07 Å². The van der Waals surface area contributed by atoms with Crippen LogP contribution in [0.1, 0.15) is 12.5 Å². The van der Waals surface area contributed by atoms with Gasteiger partial charge in [-0.3, -0.25) is 0 Å². The summed E-state index contributed by atoms with van der Waals surface area (Å²) >= 11 is -2.91. The molecule has 0 spiro atoms. The first-order chi connectivity index (χ1) is 6.45. The summed E-state index contributed by atoms with van der Waals surface area (Å²) < 4.78 is 47.1. The Morgan fingerprint density at radius 1 is 1.36 bits per heavy atom. The second-order valence-corrected chi connectivity index (χ2v) is 4.19. The number of hydrogen-bond acceptors (Lipinski definition) is 1. The Hall–Kier alpha value is -0.680. The highest BCUT2D eigenvalue weighted by atomic mass is 32.2. The van der Waals surface area contributed by atoms with Crippen molar-refractivity contribution in [2.24, 2.45) is 0 Å². The van der Waals surface area contributed by atoms with Gasteiger partial charge in [-0.25, -0.2) is 0 Å². The zero-order valence-electron chi connectivity index (χ0n) is 7.47. The van der Waals surface area contributed by atoms with Gasteiger partial charge in [0.2, 0.25) is 0 Å². The van der Waals surface area contributed by atoms with Crippen molar-refractivity contribution in [3.05, 3.63) is 29.8 Å². The number of hydrogen-bond donors (Lipinski definition) is 0. The van der Waals surface area contributed by atoms with Crippen LogP contribution < -0.4 is 0 Å². The van der Waals surface area contributed by atoms with E-state index in [2.05, 4.69) is 0 Å². The summed E-state index contributed by atoms with van der Waals surface area (Å²) in [4.78, 5) is -0.183. The van der Waals surface area contributed by atoms with Crippen LogP contribution in [0.4, 0.5) is 13.2 Å². The van der Waals surface area contributed by atoms with Crippen LogP contribution in [0.5, 0.6) is 0 Å². The van der Waals surface area contributed by atoms with E-state index in [9.17, 15) is 17.7 Å². The molecule has 1 aromatic rings. The van der Waals surface area contributed by atoms with Gasteiger partial charge in [-0.2, -0.15) is 0 Å². The Labute approximate surface area is 83.1 Å². The van der Waals surface area contributed by atoms with Gasteiger partial charge < -0.3 is 4.55 Å². The SMILES string of the molecule is CCc1cccc([S+]([O-])C(F)(F)F)c1. The van der Waals surface area contributed by atoms with Crippen molar-refractivity contribution in [1.29, 1.82) is 0 Å². The van der Waals surface area contributed by atoms with Crippen molar-refractivity contribution in [2.45, 2.75) is 23.7 Å². The monoisotopic (exact) mass is 222 g/mol. The van der Waals surface area contributed by atoms with Gasteiger partial charge >= 0.3 is 5.51 Å². The van der Waals surface area contributed by atoms with Crippen LogP contribution in [0.15, 0.2) is 29.2 Å². The third kappa shape index (κ3) is 2.65. The predicted molar refractivity (Wildman–Crippen MR) is 48.3 cm³/mol. The van der Waals surface area contributed by atoms with Crippen LogP contribution in [0.2, 0.25) is 0 Å². The summed E-state index contributed by atoms with van der Waals surface area (Å²) in [6.45, 7) is 1.83. The molecular weight excluding hydrogens is 213 g/mol. The molecule has 0 amide bonds. The summed E-state index contributed by atoms with van der Waals surface area (Å²) in [5.41, 5.74) is -3.92. The third-order valence-electron chi connectivity index (χ3n) is 1.73. The standard InChI is InChI=1S/C9H9F3OS/c1-2-7-4-3-5-8(6-7)14(13)9(10,11)12/h3-6H,2H2,1H3. The number of halogens is 3. The lowest BCUT2D eigenvalue weighted by Gasteiger charge is -2.12. The molecule has 1 unspecified atom stereocenters. The van der Waals surface area contributed by atoms with E-state index in [4.69, 9.17) is 0 Å². The molecule has 0 fully saturated rings. The number of aryl methyl sites for hydroxylation is 1. The number of rotatable bonds is 2. The maximum Gasteiger partial charge on any atom is 0.578 e. The van der Waals surface area contributed by atoms with E-state index >= 15 is 0 Å². The highest BCUT2D eigenvalue weighted by molar-refractivity contribution is 7.92. The van der Waals surface area contributed by atoms with Crippen LogP contribution in [0, 0.1) is 0 Å². The molecule has 78 valence electrons. The van der Waals surface area contributed by atoms with Gasteiger partial charge in [-0.05, 0) is 24.1 Å². The molecule has 0 aromatic heterocycles. The van der Waals surface area contributed by atoms with Gasteiger partial charge in [0.25, 0.3) is 0 Å². The van der Waals surface area contributed by atoms with Crippen molar-refractivity contribution >= 4 is 11.2 Å². The highest BCUT2D eigenvalue weighted by Gasteiger charge is 2.45. The molecule has 0 heterocycles. The Bertz CT molecular complexity index is 311. The zero-order valence-corrected chi connectivity index (χ0v) is 8.28. The smallest absolute Gasteiger partial charge is 0.578 e. The fourth-order valence-corrected chi connectivity index (χ4v) is 1.74. The average Bonchev–Trinajstić information content (AvgIpc) is 2.15. The average molecular weight is 222 g/mol. The first-order valence-electron chi connectivity index (χ1n) is 4.02. The number of benzene rings is 1. The van der Waals surface area contributed by atoms with Crippen molar-refractivity contribution < 1.29 is 17.7 Å². The van der Waals surface area contributed by atoms with Crippen LogP contribution >= 0.6 is 0 Å². The minimum atomic E-state index is -4.67. The van der Waals surface area contributed by atoms with Crippen molar-refractivity contribution in [1.82, 2.24) is 0 Å². The van der Waals surface area contributed by atoms with E-state index in [0.29, 0.717) is 6.42 Å². The topological polar surface area (TPSA) is 23.1 Å². The minimum absolute atomic E-state index is 0.183. The molecule has 0 N–H and O–H groups in total. The molecule has 1 nitrogen and oxygen atoms in total. The fraction of sp³-hybridized carbons (Fsp3) is 0.333. The zero-order chi connectivity index (χ0) is 10.8. The van der Waals surface area contributed by atoms with E-state index in [-0.39, 0.29) is 4.90 Å². The van der Waals surface area contributed by atoms with Gasteiger partial charge in [-0.1, -0.05) is 19.1 Å². The maximum absolute atomic E-state index is 12.1. The Morgan fingerprint density at radius 2 is 2.00 bits per heavy atom. The van der Waals surface area contributed by atoms with Gasteiger partial charge in [0, 0.05) is 0 Å². The second kappa shape index (κ2) is 4.23. The van der Waals surface area contributed by atoms with Gasteiger partial charge in [0.15, 0.2) is 4.90 Å². The summed E-state index contributed by atoms with van der Waals surface area (Å²) in [5.74, 6) is 0. The first-order valence-corrected chi connectivity index (χ1v) is 5.17. The highest BCUT2D eigenvalue weighted by Crippen LogP contribution is 2.30. The van der Waals surface area contributed by atoms with Crippen LogP contribution in [0.25, 0.3) is 0 Å². The van der Waals surface area contributed by atoms with Crippen molar-refractivity contribution in [2.75, 3.05) is 0 Å². The molecule has 0 aliphatic rings. The van der Waals surface area contributed by atoms with Crippen LogP contribution in [-0.4, -0.2) is 10.1 Å². The molecule has 1 atom stereocenters. The minimum Gasteiger partial charge on any atom is -0.604 e. The fourth-order valence-electron chi connectivity index (χ4n) is 1.01. The third-order valence-corrected chi connectivity index (χ3v) is 2.83. The summed E-state index contributed by atoms with van der Waals surface area (Å²) in [6.07, 6.45) is 0.628. The predicted octanol–water partition coefficient (Wildman–Crippen LogP) is 2.88. The molecule has 14 heavy (non-hydrogen) atoms. The Balaban J connectivity index is 2.95. The molecule has 0 radical (unpaired) electrons. The quantitative estimate of drug-likeness (QED) is 0.705. The van der Waals surface area contributed by atoms with E-state index < -0.39 is 16.7 Å². The largest absolute Gasteiger partial charge is 0.604 e. The van der Waals surface area contributed by atoms with Crippen LogP contribution in [0.3, 0.4) is 0 Å². The summed E-state index contributed by atoms with van der Waals surface area (Å²) in [7, 11) is 0. The molecular formula is C9H9F3OS. The normalized spacial score (nSPS) is 14.1. The molecule has 5 heteroatoms. The lowest BCUT2D eigenvalue weighted by Crippen LogP contribution is -2.23. The summed E-state index contributed by atoms with van der Waals surface area (Å²) in [6, 6.07) is 5.74. The lowest BCUT2D eigenvalue weighted by molar-refractivity contribution is -0.0435. The van der Waals surface area contributed by atoms with Crippen LogP contribution in [-0.2, 0) is 17.6 Å². The van der Waals surface area contributed by atoms with Gasteiger partial charge in [0.05, 0.1) is 11.2 Å². The molecule has 0 aliphatic carbocycles. The van der Waals surface area contributed by atoms with Gasteiger partial charge in [0.1, 0.15) is 0 Å². The Kier molecular flexibility index (Phi) is 3.44. The molecule has 0 bridgehead atoms. The van der Waals surface area contributed by atoms with E-state index in [0.717, 1.165) is 5.56 Å². The molecule has 1 aromatic carbocycles.